The van der Waals surface area contributed by atoms with Crippen molar-refractivity contribution in [1.29, 1.82) is 0 Å². The minimum atomic E-state index is -0.833. The van der Waals surface area contributed by atoms with E-state index in [1.807, 2.05) is 11.8 Å². The van der Waals surface area contributed by atoms with Crippen LogP contribution in [-0.4, -0.2) is 63.6 Å². The number of carbonyl (C=O) groups is 2. The Morgan fingerprint density at radius 1 is 1.43 bits per heavy atom. The number of carboxylic acids is 1. The quantitative estimate of drug-likeness (QED) is 0.826. The predicted molar refractivity (Wildman–Crippen MR) is 88.2 cm³/mol. The smallest absolute Gasteiger partial charge is 0.317 e. The number of urea groups is 1. The molecule has 5 nitrogen and oxygen atoms in total. The summed E-state index contributed by atoms with van der Waals surface area (Å²) in [5.74, 6) is 0.778. The molecule has 0 bridgehead atoms. The van der Waals surface area contributed by atoms with Gasteiger partial charge in [0.05, 0.1) is 12.5 Å². The third-order valence-electron chi connectivity index (χ3n) is 4.19. The van der Waals surface area contributed by atoms with Gasteiger partial charge >= 0.3 is 12.0 Å². The highest BCUT2D eigenvalue weighted by molar-refractivity contribution is 7.99. The second kappa shape index (κ2) is 8.17. The molecule has 2 fully saturated rings. The van der Waals surface area contributed by atoms with Crippen molar-refractivity contribution in [3.05, 3.63) is 0 Å². The maximum atomic E-state index is 12.5. The summed E-state index contributed by atoms with van der Waals surface area (Å²) in [5, 5.41) is 12.7. The van der Waals surface area contributed by atoms with Crippen molar-refractivity contribution >= 4 is 35.5 Å². The number of hydrogen-bond donors (Lipinski definition) is 2. The van der Waals surface area contributed by atoms with Gasteiger partial charge in [-0.2, -0.15) is 23.5 Å². The third kappa shape index (κ3) is 4.98. The second-order valence-electron chi connectivity index (χ2n) is 5.69. The summed E-state index contributed by atoms with van der Waals surface area (Å²) in [4.78, 5) is 25.1. The molecular formula is C14H24N2O3S2. The Labute approximate surface area is 134 Å². The summed E-state index contributed by atoms with van der Waals surface area (Å²) >= 11 is 3.60. The Balaban J connectivity index is 1.89. The van der Waals surface area contributed by atoms with Crippen LogP contribution in [0.25, 0.3) is 0 Å². The summed E-state index contributed by atoms with van der Waals surface area (Å²) in [7, 11) is 0. The zero-order valence-corrected chi connectivity index (χ0v) is 14.0. The van der Waals surface area contributed by atoms with Crippen molar-refractivity contribution in [2.45, 2.75) is 49.4 Å². The van der Waals surface area contributed by atoms with Crippen molar-refractivity contribution in [3.8, 4) is 0 Å². The van der Waals surface area contributed by atoms with Crippen molar-refractivity contribution in [3.63, 3.8) is 0 Å². The van der Waals surface area contributed by atoms with Crippen molar-refractivity contribution < 1.29 is 14.7 Å². The topological polar surface area (TPSA) is 69.6 Å². The van der Waals surface area contributed by atoms with E-state index in [0.29, 0.717) is 11.8 Å². The minimum absolute atomic E-state index is 0.0402. The maximum Gasteiger partial charge on any atom is 0.317 e. The lowest BCUT2D eigenvalue weighted by Gasteiger charge is -2.37. The number of carbonyl (C=O) groups excluding carboxylic acids is 1. The molecule has 1 aliphatic carbocycles. The molecule has 2 amide bonds. The molecule has 2 rings (SSSR count). The van der Waals surface area contributed by atoms with Crippen LogP contribution >= 0.6 is 23.5 Å². The molecule has 1 saturated carbocycles. The van der Waals surface area contributed by atoms with Crippen LogP contribution < -0.4 is 5.32 Å². The van der Waals surface area contributed by atoms with Crippen LogP contribution in [0.5, 0.6) is 0 Å². The molecule has 2 aliphatic rings. The van der Waals surface area contributed by atoms with Crippen molar-refractivity contribution in [2.24, 2.45) is 0 Å². The zero-order chi connectivity index (χ0) is 15.2. The van der Waals surface area contributed by atoms with Gasteiger partial charge in [-0.15, -0.1) is 0 Å². The van der Waals surface area contributed by atoms with E-state index in [2.05, 4.69) is 11.6 Å². The number of aliphatic carboxylic acids is 1. The summed E-state index contributed by atoms with van der Waals surface area (Å²) in [5.41, 5.74) is 0. The Kier molecular flexibility index (Phi) is 6.54. The normalized spacial score (nSPS) is 30.0. The van der Waals surface area contributed by atoms with E-state index in [1.54, 1.807) is 16.7 Å². The van der Waals surface area contributed by atoms with Crippen LogP contribution in [0.3, 0.4) is 0 Å². The first-order valence-electron chi connectivity index (χ1n) is 7.49. The highest BCUT2D eigenvalue weighted by atomic mass is 32.2. The van der Waals surface area contributed by atoms with Crippen LogP contribution in [0.15, 0.2) is 0 Å². The van der Waals surface area contributed by atoms with Crippen LogP contribution in [-0.2, 0) is 4.79 Å². The molecule has 7 heteroatoms. The van der Waals surface area contributed by atoms with E-state index in [-0.39, 0.29) is 24.5 Å². The highest BCUT2D eigenvalue weighted by Gasteiger charge is 2.31. The number of carboxylic acid groups (broad SMARTS) is 1. The fourth-order valence-electron chi connectivity index (χ4n) is 3.04. The largest absolute Gasteiger partial charge is 0.481 e. The van der Waals surface area contributed by atoms with Gasteiger partial charge < -0.3 is 15.3 Å². The van der Waals surface area contributed by atoms with Crippen LogP contribution in [0.1, 0.15) is 32.1 Å². The number of thioether (sulfide) groups is 2. The van der Waals surface area contributed by atoms with E-state index in [4.69, 9.17) is 5.11 Å². The highest BCUT2D eigenvalue weighted by Crippen LogP contribution is 2.27. The van der Waals surface area contributed by atoms with E-state index < -0.39 is 5.97 Å². The predicted octanol–water partition coefficient (Wildman–Crippen LogP) is 2.26. The molecule has 2 N–H and O–H groups in total. The maximum absolute atomic E-state index is 12.5. The fraction of sp³-hybridized carbons (Fsp3) is 0.857. The average Bonchev–Trinajstić information content (AvgIpc) is 2.47. The molecule has 0 aromatic rings. The van der Waals surface area contributed by atoms with E-state index in [9.17, 15) is 9.59 Å². The van der Waals surface area contributed by atoms with Crippen molar-refractivity contribution in [2.75, 3.05) is 24.3 Å². The molecule has 3 unspecified atom stereocenters. The summed E-state index contributed by atoms with van der Waals surface area (Å²) < 4.78 is 0. The van der Waals surface area contributed by atoms with Gasteiger partial charge in [0.2, 0.25) is 0 Å². The molecule has 1 saturated heterocycles. The number of amides is 2. The minimum Gasteiger partial charge on any atom is -0.481 e. The Bertz CT molecular complexity index is 381. The number of nitrogens with zero attached hydrogens (tertiary/aromatic N) is 1. The lowest BCUT2D eigenvalue weighted by Crippen LogP contribution is -2.54. The Hall–Kier alpha value is -0.560. The van der Waals surface area contributed by atoms with Gasteiger partial charge in [0, 0.05) is 29.3 Å². The molecule has 0 aromatic heterocycles. The first kappa shape index (κ1) is 16.8. The Morgan fingerprint density at radius 2 is 2.24 bits per heavy atom. The van der Waals surface area contributed by atoms with Gasteiger partial charge in [0.15, 0.2) is 0 Å². The number of rotatable bonds is 4. The van der Waals surface area contributed by atoms with Gasteiger partial charge in [-0.05, 0) is 25.5 Å². The monoisotopic (exact) mass is 332 g/mol. The van der Waals surface area contributed by atoms with E-state index >= 15 is 0 Å². The molecule has 1 heterocycles. The third-order valence-corrected chi connectivity index (χ3v) is 6.37. The van der Waals surface area contributed by atoms with Gasteiger partial charge in [-0.1, -0.05) is 6.42 Å². The SMILES string of the molecule is CSC1CCCC(NC(=O)N2CCSCC2CC(=O)O)C1. The first-order chi connectivity index (χ1) is 10.1. The van der Waals surface area contributed by atoms with Crippen LogP contribution in [0.2, 0.25) is 0 Å². The molecular weight excluding hydrogens is 308 g/mol. The Morgan fingerprint density at radius 3 is 2.95 bits per heavy atom. The molecule has 21 heavy (non-hydrogen) atoms. The summed E-state index contributed by atoms with van der Waals surface area (Å²) in [6.07, 6.45) is 6.62. The molecule has 0 aromatic carbocycles. The van der Waals surface area contributed by atoms with E-state index in [1.165, 1.54) is 6.42 Å². The van der Waals surface area contributed by atoms with Crippen molar-refractivity contribution in [1.82, 2.24) is 10.2 Å². The van der Waals surface area contributed by atoms with E-state index in [0.717, 1.165) is 30.8 Å². The second-order valence-corrected chi connectivity index (χ2v) is 7.98. The van der Waals surface area contributed by atoms with Gasteiger partial charge in [0.25, 0.3) is 0 Å². The first-order valence-corrected chi connectivity index (χ1v) is 9.94. The van der Waals surface area contributed by atoms with Gasteiger partial charge in [0.1, 0.15) is 0 Å². The molecule has 120 valence electrons. The summed E-state index contributed by atoms with van der Waals surface area (Å²) in [6, 6.07) is -0.0155. The molecule has 1 aliphatic heterocycles. The van der Waals surface area contributed by atoms with Gasteiger partial charge in [-0.25, -0.2) is 4.79 Å². The van der Waals surface area contributed by atoms with Gasteiger partial charge in [-0.3, -0.25) is 4.79 Å². The number of nitrogens with one attached hydrogen (secondary N) is 1. The van der Waals surface area contributed by atoms with Crippen LogP contribution in [0, 0.1) is 0 Å². The standard InChI is InChI=1S/C14H24N2O3S2/c1-20-12-4-2-3-10(7-12)15-14(19)16-5-6-21-9-11(16)8-13(17)18/h10-12H,2-9H2,1H3,(H,15,19)(H,17,18). The molecule has 0 radical (unpaired) electrons. The molecule has 3 atom stereocenters. The summed E-state index contributed by atoms with van der Waals surface area (Å²) in [6.45, 7) is 0.646. The van der Waals surface area contributed by atoms with Crippen LogP contribution in [0.4, 0.5) is 4.79 Å². The molecule has 0 spiro atoms. The number of hydrogen-bond acceptors (Lipinski definition) is 4. The zero-order valence-electron chi connectivity index (χ0n) is 12.4. The lowest BCUT2D eigenvalue weighted by molar-refractivity contribution is -0.138. The lowest BCUT2D eigenvalue weighted by atomic mass is 9.95. The fourth-order valence-corrected chi connectivity index (χ4v) is 4.93. The average molecular weight is 332 g/mol.